The highest BCUT2D eigenvalue weighted by molar-refractivity contribution is 6.22. The van der Waals surface area contributed by atoms with Crippen LogP contribution in [0.5, 0.6) is 0 Å². The van der Waals surface area contributed by atoms with E-state index in [9.17, 15) is 35.4 Å². The van der Waals surface area contributed by atoms with Gasteiger partial charge in [0.05, 0.1) is 30.5 Å². The molecule has 0 aromatic rings. The van der Waals surface area contributed by atoms with Crippen molar-refractivity contribution in [3.8, 4) is 11.8 Å². The number of ether oxygens (including phenoxy) is 7. The number of fused-ring (bicyclic) bond motifs is 2. The number of carbonyl (C=O) groups is 1. The van der Waals surface area contributed by atoms with Gasteiger partial charge < -0.3 is 63.8 Å². The number of halogens is 1. The van der Waals surface area contributed by atoms with Crippen LogP contribution in [0, 0.1) is 35.5 Å². The number of methoxy groups -OCH3 is 1. The molecular formula is C39H59ClO14. The van der Waals surface area contributed by atoms with E-state index in [0.29, 0.717) is 6.42 Å². The molecule has 4 aliphatic heterocycles. The zero-order valence-corrected chi connectivity index (χ0v) is 33.3. The second-order valence-electron chi connectivity index (χ2n) is 16.4. The average molecular weight is 787 g/mol. The van der Waals surface area contributed by atoms with Gasteiger partial charge in [0.2, 0.25) is 0 Å². The SMILES string of the molecule is COC1C=C(C)CC(C=CC#CC2CC2Cl)OC(=O)C(C)C2(O)CC(OC3OC(C)C(OC4OC(C)C(O)C(C)(O)C4O)C(C)(O)C3O)C(C)C(O2)C1C. The lowest BCUT2D eigenvalue weighted by Gasteiger charge is -2.53. The Hall–Kier alpha value is -1.68. The van der Waals surface area contributed by atoms with E-state index in [1.165, 1.54) is 27.7 Å². The van der Waals surface area contributed by atoms with Gasteiger partial charge in [-0.1, -0.05) is 37.3 Å². The van der Waals surface area contributed by atoms with Gasteiger partial charge in [0.1, 0.15) is 47.6 Å². The zero-order valence-electron chi connectivity index (χ0n) is 32.5. The summed E-state index contributed by atoms with van der Waals surface area (Å²) in [5.41, 5.74) is -3.14. The van der Waals surface area contributed by atoms with Crippen LogP contribution in [0.15, 0.2) is 23.8 Å². The Kier molecular flexibility index (Phi) is 13.4. The highest BCUT2D eigenvalue weighted by Crippen LogP contribution is 2.44. The summed E-state index contributed by atoms with van der Waals surface area (Å²) in [5.74, 6) is 1.45. The molecule has 0 aromatic carbocycles. The molecule has 20 atom stereocenters. The second-order valence-corrected chi connectivity index (χ2v) is 17.0. The molecule has 15 heteroatoms. The van der Waals surface area contributed by atoms with Gasteiger partial charge in [-0.2, -0.15) is 0 Å². The Morgan fingerprint density at radius 1 is 0.926 bits per heavy atom. The monoisotopic (exact) mass is 786 g/mol. The maximum Gasteiger partial charge on any atom is 0.314 e. The lowest BCUT2D eigenvalue weighted by molar-refractivity contribution is -0.392. The standard InChI is InChI=1S/C39H59ClO14/c1-18-14-25(13-11-10-12-24-16-26(24)40)51-34(44)21(4)39(47)17-28(20(3)29(54-39)19(2)27(15-18)48-9)52-35-32(43)38(8,46)33(23(6)50-35)53-36-31(42)37(7,45)30(41)22(5)49-36/h11,13,15,19-33,35-36,41-43,45-47H,14,16-17H2,1-9H3. The first-order valence-corrected chi connectivity index (χ1v) is 19.3. The molecule has 4 fully saturated rings. The van der Waals surface area contributed by atoms with Crippen molar-refractivity contribution < 1.29 is 68.6 Å². The number of aliphatic hydroxyl groups is 6. The zero-order chi connectivity index (χ0) is 40.1. The summed E-state index contributed by atoms with van der Waals surface area (Å²) >= 11 is 6.07. The molecule has 306 valence electrons. The molecule has 54 heavy (non-hydrogen) atoms. The molecule has 1 saturated carbocycles. The predicted molar refractivity (Wildman–Crippen MR) is 193 cm³/mol. The third-order valence-electron chi connectivity index (χ3n) is 11.9. The van der Waals surface area contributed by atoms with Crippen molar-refractivity contribution in [2.75, 3.05) is 7.11 Å². The van der Waals surface area contributed by atoms with Crippen LogP contribution in [0.1, 0.15) is 74.7 Å². The summed E-state index contributed by atoms with van der Waals surface area (Å²) in [6.45, 7) is 12.9. The summed E-state index contributed by atoms with van der Waals surface area (Å²) in [7, 11) is 1.58. The molecule has 0 radical (unpaired) electrons. The number of alkyl halides is 1. The van der Waals surface area contributed by atoms with Crippen molar-refractivity contribution in [3.05, 3.63) is 23.8 Å². The number of hydrogen-bond donors (Lipinski definition) is 6. The van der Waals surface area contributed by atoms with Crippen molar-refractivity contribution in [2.24, 2.45) is 23.7 Å². The van der Waals surface area contributed by atoms with Gasteiger partial charge in [0, 0.05) is 43.1 Å². The number of rotatable bonds is 6. The quantitative estimate of drug-likeness (QED) is 0.0983. The Morgan fingerprint density at radius 2 is 1.54 bits per heavy atom. The Balaban J connectivity index is 1.37. The molecule has 0 spiro atoms. The largest absolute Gasteiger partial charge is 0.457 e. The first-order valence-electron chi connectivity index (χ1n) is 18.9. The minimum Gasteiger partial charge on any atom is -0.457 e. The van der Waals surface area contributed by atoms with E-state index in [1.54, 1.807) is 26.2 Å². The molecular weight excluding hydrogens is 728 g/mol. The molecule has 14 nitrogen and oxygen atoms in total. The second kappa shape index (κ2) is 16.7. The normalized spacial score (nSPS) is 51.6. The van der Waals surface area contributed by atoms with E-state index in [-0.39, 0.29) is 23.6 Å². The van der Waals surface area contributed by atoms with Crippen LogP contribution < -0.4 is 0 Å². The lowest BCUT2D eigenvalue weighted by atomic mass is 9.77. The lowest BCUT2D eigenvalue weighted by Crippen LogP contribution is -2.70. The summed E-state index contributed by atoms with van der Waals surface area (Å²) in [4.78, 5) is 13.7. The van der Waals surface area contributed by atoms with Gasteiger partial charge >= 0.3 is 5.97 Å². The highest BCUT2D eigenvalue weighted by atomic mass is 35.5. The molecule has 20 unspecified atom stereocenters. The molecule has 5 aliphatic rings. The van der Waals surface area contributed by atoms with Crippen LogP contribution in [0.3, 0.4) is 0 Å². The predicted octanol–water partition coefficient (Wildman–Crippen LogP) is 1.68. The van der Waals surface area contributed by atoms with Crippen LogP contribution >= 0.6 is 11.6 Å². The number of hydrogen-bond acceptors (Lipinski definition) is 14. The Labute approximate surface area is 322 Å². The van der Waals surface area contributed by atoms with E-state index in [0.717, 1.165) is 12.0 Å². The van der Waals surface area contributed by atoms with Crippen molar-refractivity contribution >= 4 is 17.6 Å². The minimum atomic E-state index is -2.08. The van der Waals surface area contributed by atoms with E-state index >= 15 is 0 Å². The van der Waals surface area contributed by atoms with Crippen molar-refractivity contribution in [3.63, 3.8) is 0 Å². The summed E-state index contributed by atoms with van der Waals surface area (Å²) in [6.07, 6.45) is -7.41. The van der Waals surface area contributed by atoms with E-state index in [1.807, 2.05) is 26.8 Å². The fourth-order valence-electron chi connectivity index (χ4n) is 7.95. The first-order chi connectivity index (χ1) is 25.1. The highest BCUT2D eigenvalue weighted by Gasteiger charge is 2.59. The van der Waals surface area contributed by atoms with Gasteiger partial charge in [-0.05, 0) is 60.1 Å². The molecule has 6 N–H and O–H groups in total. The molecule has 0 amide bonds. The van der Waals surface area contributed by atoms with Gasteiger partial charge in [0.15, 0.2) is 18.4 Å². The van der Waals surface area contributed by atoms with Gasteiger partial charge in [-0.3, -0.25) is 4.79 Å². The molecule has 1 aliphatic carbocycles. The van der Waals surface area contributed by atoms with Crippen molar-refractivity contribution in [1.29, 1.82) is 0 Å². The first kappa shape index (κ1) is 43.4. The van der Waals surface area contributed by atoms with Crippen LogP contribution in [0.25, 0.3) is 0 Å². The van der Waals surface area contributed by atoms with Crippen LogP contribution in [-0.2, 0) is 38.0 Å². The summed E-state index contributed by atoms with van der Waals surface area (Å²) in [5, 5.41) is 67.4. The van der Waals surface area contributed by atoms with Crippen molar-refractivity contribution in [1.82, 2.24) is 0 Å². The fraction of sp³-hybridized carbons (Fsp3) is 0.821. The van der Waals surface area contributed by atoms with E-state index in [2.05, 4.69) is 11.8 Å². The number of aliphatic hydroxyl groups excluding tert-OH is 3. The third-order valence-corrected chi connectivity index (χ3v) is 12.4. The van der Waals surface area contributed by atoms with Gasteiger partial charge in [0.25, 0.3) is 0 Å². The molecule has 0 aromatic heterocycles. The number of cyclic esters (lactones) is 1. The Bertz CT molecular complexity index is 1460. The number of allylic oxidation sites excluding steroid dienone is 1. The summed E-state index contributed by atoms with van der Waals surface area (Å²) < 4.78 is 42.4. The van der Waals surface area contributed by atoms with Crippen LogP contribution in [-0.4, -0.2) is 140 Å². The van der Waals surface area contributed by atoms with Crippen LogP contribution in [0.4, 0.5) is 0 Å². The molecule has 2 bridgehead atoms. The number of esters is 1. The average Bonchev–Trinajstić information content (AvgIpc) is 3.82. The molecule has 5 rings (SSSR count). The fourth-order valence-corrected chi connectivity index (χ4v) is 8.20. The molecule has 3 saturated heterocycles. The van der Waals surface area contributed by atoms with Crippen LogP contribution in [0.2, 0.25) is 0 Å². The smallest absolute Gasteiger partial charge is 0.314 e. The topological polar surface area (TPSA) is 203 Å². The maximum atomic E-state index is 13.7. The minimum absolute atomic E-state index is 0.0617. The third kappa shape index (κ3) is 8.89. The van der Waals surface area contributed by atoms with E-state index < -0.39 is 108 Å². The van der Waals surface area contributed by atoms with E-state index in [4.69, 9.17) is 44.8 Å². The maximum absolute atomic E-state index is 13.7. The summed E-state index contributed by atoms with van der Waals surface area (Å²) in [6, 6.07) is 0. The van der Waals surface area contributed by atoms with Gasteiger partial charge in [-0.25, -0.2) is 0 Å². The van der Waals surface area contributed by atoms with Gasteiger partial charge in [-0.15, -0.1) is 11.6 Å². The molecule has 4 heterocycles. The van der Waals surface area contributed by atoms with Crippen molar-refractivity contribution in [2.45, 2.75) is 171 Å². The number of carbonyl (C=O) groups excluding carboxylic acids is 1. The Morgan fingerprint density at radius 3 is 2.17 bits per heavy atom.